The number of hydrogen-bond donors (Lipinski definition) is 1. The maximum Gasteiger partial charge on any atom is 0.412 e. The monoisotopic (exact) mass is 607 g/mol. The number of fused-ring (bicyclic) bond motifs is 3. The van der Waals surface area contributed by atoms with Crippen LogP contribution in [0.25, 0.3) is 11.1 Å². The number of rotatable bonds is 3. The fourth-order valence-corrected chi connectivity index (χ4v) is 7.46. The third-order valence-corrected chi connectivity index (χ3v) is 9.35. The van der Waals surface area contributed by atoms with Crippen molar-refractivity contribution in [2.75, 3.05) is 18.9 Å². The fraction of sp³-hybridized carbons (Fsp3) is 0.308. The van der Waals surface area contributed by atoms with Crippen molar-refractivity contribution in [3.05, 3.63) is 65.7 Å². The molecule has 6 rings (SSSR count). The minimum absolute atomic E-state index is 0.0239. The summed E-state index contributed by atoms with van der Waals surface area (Å²) < 4.78 is 88.8. The van der Waals surface area contributed by atoms with E-state index < -0.39 is 76.7 Å². The number of hydrogen-bond acceptors (Lipinski definition) is 7. The van der Waals surface area contributed by atoms with Gasteiger partial charge < -0.3 is 15.0 Å². The highest BCUT2D eigenvalue weighted by Gasteiger charge is 2.61. The van der Waals surface area contributed by atoms with Crippen molar-refractivity contribution >= 4 is 27.7 Å². The molecular weight excluding hydrogens is 586 g/mol. The van der Waals surface area contributed by atoms with E-state index in [1.807, 2.05) is 0 Å². The summed E-state index contributed by atoms with van der Waals surface area (Å²) in [5, 5.41) is 6.42. The molecule has 1 aromatic heterocycles. The van der Waals surface area contributed by atoms with Crippen molar-refractivity contribution < 1.29 is 45.1 Å². The summed E-state index contributed by atoms with van der Waals surface area (Å²) in [6.07, 6.45) is -1.78. The first-order chi connectivity index (χ1) is 19.7. The lowest BCUT2D eigenvalue weighted by Gasteiger charge is -2.31. The summed E-state index contributed by atoms with van der Waals surface area (Å²) in [5.74, 6) is -4.02. The number of sulfone groups is 1. The average molecular weight is 608 g/mol. The lowest BCUT2D eigenvalue weighted by atomic mass is 9.91. The van der Waals surface area contributed by atoms with Crippen LogP contribution in [-0.4, -0.2) is 77.0 Å². The molecule has 0 bridgehead atoms. The van der Waals surface area contributed by atoms with Gasteiger partial charge in [-0.2, -0.15) is 18.3 Å². The van der Waals surface area contributed by atoms with Crippen LogP contribution in [0.5, 0.6) is 5.75 Å². The molecule has 3 aliphatic rings. The Morgan fingerprint density at radius 1 is 1.17 bits per heavy atom. The Morgan fingerprint density at radius 2 is 1.93 bits per heavy atom. The zero-order chi connectivity index (χ0) is 30.2. The molecule has 0 radical (unpaired) electrons. The smallest absolute Gasteiger partial charge is 0.412 e. The summed E-state index contributed by atoms with van der Waals surface area (Å²) in [6, 6.07) is 3.74. The molecule has 1 N–H and O–H groups in total. The molecule has 2 aromatic carbocycles. The zero-order valence-corrected chi connectivity index (χ0v) is 22.5. The normalized spacial score (nSPS) is 22.9. The number of amides is 4. The third kappa shape index (κ3) is 4.36. The second-order valence-electron chi connectivity index (χ2n) is 10.2. The lowest BCUT2D eigenvalue weighted by Crippen LogP contribution is -2.54. The molecular formula is C26H21F4N5O6S. The van der Waals surface area contributed by atoms with E-state index in [1.165, 1.54) is 23.0 Å². The molecule has 11 nitrogen and oxygen atoms in total. The minimum atomic E-state index is -4.96. The first-order valence-electron chi connectivity index (χ1n) is 12.5. The van der Waals surface area contributed by atoms with Crippen molar-refractivity contribution in [1.82, 2.24) is 24.9 Å². The third-order valence-electron chi connectivity index (χ3n) is 7.52. The Kier molecular flexibility index (Phi) is 6.11. The number of aryl methyl sites for hydroxylation is 1. The van der Waals surface area contributed by atoms with Crippen molar-refractivity contribution in [3.8, 4) is 16.9 Å². The van der Waals surface area contributed by atoms with Gasteiger partial charge in [0, 0.05) is 29.9 Å². The largest absolute Gasteiger partial charge is 0.491 e. The number of nitrogens with zero attached hydrogens (tertiary/aromatic N) is 4. The number of carbonyl (C=O) groups excluding carboxylic acids is 3. The number of imide groups is 1. The second-order valence-corrected chi connectivity index (χ2v) is 12.2. The summed E-state index contributed by atoms with van der Waals surface area (Å²) in [7, 11) is -2.43. The SMILES string of the molecule is Cn1cc(-c2ccc3c(c2)S(=O)(=O)C[C@]32NC(=O)N(CC(=O)N3Cc4cc(F)ccc4OC[C@H]3C(F)(F)F)C2=O)cn1. The van der Waals surface area contributed by atoms with E-state index in [9.17, 15) is 40.4 Å². The summed E-state index contributed by atoms with van der Waals surface area (Å²) in [5.41, 5.74) is -1.04. The average Bonchev–Trinajstić information content (AvgIpc) is 3.45. The zero-order valence-electron chi connectivity index (χ0n) is 21.7. The number of carbonyl (C=O) groups is 3. The van der Waals surface area contributed by atoms with Gasteiger partial charge in [-0.15, -0.1) is 0 Å². The van der Waals surface area contributed by atoms with Gasteiger partial charge in [-0.3, -0.25) is 19.2 Å². The topological polar surface area (TPSA) is 131 Å². The standard InChI is InChI=1S/C26H21F4N5O6S/c1-33-9-16(8-31-33)14-2-4-18-20(7-14)42(39,40)13-25(18)23(37)35(24(38)32-25)11-22(36)34-10-15-6-17(27)3-5-19(15)41-12-21(34)26(28,29)30/h2-9,21H,10-13H2,1H3,(H,32,38)/t21-,25-/m0/s1. The van der Waals surface area contributed by atoms with Crippen LogP contribution in [0, 0.1) is 5.82 Å². The Bertz CT molecular complexity index is 1770. The Labute approximate surface area is 235 Å². The van der Waals surface area contributed by atoms with Gasteiger partial charge in [0.25, 0.3) is 5.91 Å². The molecule has 0 unspecified atom stereocenters. The Hall–Kier alpha value is -4.47. The predicted octanol–water partition coefficient (Wildman–Crippen LogP) is 2.11. The highest BCUT2D eigenvalue weighted by Crippen LogP contribution is 2.44. The molecule has 3 aromatic rings. The van der Waals surface area contributed by atoms with Crippen LogP contribution in [0.1, 0.15) is 11.1 Å². The van der Waals surface area contributed by atoms with E-state index >= 15 is 0 Å². The van der Waals surface area contributed by atoms with Crippen LogP contribution in [0.3, 0.4) is 0 Å². The highest BCUT2D eigenvalue weighted by atomic mass is 32.2. The summed E-state index contributed by atoms with van der Waals surface area (Å²) in [6.45, 7) is -2.82. The Morgan fingerprint density at radius 3 is 2.62 bits per heavy atom. The van der Waals surface area contributed by atoms with E-state index in [1.54, 1.807) is 19.3 Å². The van der Waals surface area contributed by atoms with Gasteiger partial charge in [0.2, 0.25) is 5.91 Å². The number of alkyl halides is 3. The number of ether oxygens (including phenoxy) is 1. The van der Waals surface area contributed by atoms with Crippen LogP contribution in [-0.2, 0) is 38.6 Å². The van der Waals surface area contributed by atoms with Gasteiger partial charge in [0.05, 0.1) is 23.4 Å². The van der Waals surface area contributed by atoms with Crippen LogP contribution >= 0.6 is 0 Å². The fourth-order valence-electron chi connectivity index (χ4n) is 5.50. The lowest BCUT2D eigenvalue weighted by molar-refractivity contribution is -0.195. The van der Waals surface area contributed by atoms with Gasteiger partial charge in [-0.25, -0.2) is 17.6 Å². The van der Waals surface area contributed by atoms with Gasteiger partial charge >= 0.3 is 12.2 Å². The van der Waals surface area contributed by atoms with Gasteiger partial charge in [-0.1, -0.05) is 12.1 Å². The molecule has 4 amide bonds. The highest BCUT2D eigenvalue weighted by molar-refractivity contribution is 7.92. The summed E-state index contributed by atoms with van der Waals surface area (Å²) in [4.78, 5) is 40.5. The van der Waals surface area contributed by atoms with Crippen LogP contribution in [0.2, 0.25) is 0 Å². The van der Waals surface area contributed by atoms with Crippen LogP contribution in [0.4, 0.5) is 22.4 Å². The molecule has 1 spiro atoms. The molecule has 1 saturated heterocycles. The van der Waals surface area contributed by atoms with E-state index in [2.05, 4.69) is 10.4 Å². The van der Waals surface area contributed by atoms with Gasteiger partial charge in [0.1, 0.15) is 24.7 Å². The maximum atomic E-state index is 14.0. The maximum absolute atomic E-state index is 14.0. The van der Waals surface area contributed by atoms with Crippen LogP contribution < -0.4 is 10.1 Å². The predicted molar refractivity (Wildman–Crippen MR) is 135 cm³/mol. The van der Waals surface area contributed by atoms with Crippen molar-refractivity contribution in [3.63, 3.8) is 0 Å². The first-order valence-corrected chi connectivity index (χ1v) is 14.1. The van der Waals surface area contributed by atoms with Crippen molar-refractivity contribution in [1.29, 1.82) is 0 Å². The molecule has 3 aliphatic heterocycles. The van der Waals surface area contributed by atoms with Gasteiger partial charge in [-0.05, 0) is 29.8 Å². The van der Waals surface area contributed by atoms with Crippen molar-refractivity contribution in [2.45, 2.75) is 29.2 Å². The Balaban J connectivity index is 1.31. The van der Waals surface area contributed by atoms with E-state index in [0.29, 0.717) is 20.9 Å². The number of nitrogens with one attached hydrogen (secondary N) is 1. The minimum Gasteiger partial charge on any atom is -0.491 e. The molecule has 42 heavy (non-hydrogen) atoms. The quantitative estimate of drug-likeness (QED) is 0.357. The molecule has 0 saturated carbocycles. The van der Waals surface area contributed by atoms with E-state index in [0.717, 1.165) is 18.2 Å². The van der Waals surface area contributed by atoms with E-state index in [4.69, 9.17) is 4.74 Å². The molecule has 16 heteroatoms. The molecule has 220 valence electrons. The number of urea groups is 1. The first kappa shape index (κ1) is 27.7. The molecule has 1 fully saturated rings. The van der Waals surface area contributed by atoms with Gasteiger partial charge in [0.15, 0.2) is 21.4 Å². The number of benzene rings is 2. The number of aromatic nitrogens is 2. The molecule has 4 heterocycles. The molecule has 0 aliphatic carbocycles. The number of halogens is 4. The van der Waals surface area contributed by atoms with Crippen LogP contribution in [0.15, 0.2) is 53.7 Å². The molecule has 2 atom stereocenters. The van der Waals surface area contributed by atoms with Crippen molar-refractivity contribution in [2.24, 2.45) is 7.05 Å². The second kappa shape index (κ2) is 9.27. The summed E-state index contributed by atoms with van der Waals surface area (Å²) >= 11 is 0. The van der Waals surface area contributed by atoms with E-state index in [-0.39, 0.29) is 21.8 Å².